The molecule has 0 spiro atoms. The molecular formula is C7H14O2S3. The Hall–Kier alpha value is 0.520. The number of hydrogen-bond acceptors (Lipinski definition) is 5. The second-order valence-electron chi connectivity index (χ2n) is 2.04. The maximum absolute atomic E-state index is 9.88. The number of carbonyl (C=O) groups is 1. The lowest BCUT2D eigenvalue weighted by molar-refractivity contribution is -0.132. The molecule has 0 saturated carbocycles. The lowest BCUT2D eigenvalue weighted by Gasteiger charge is -2.05. The smallest absolute Gasteiger partial charge is 0.317 e. The van der Waals surface area contributed by atoms with E-state index in [1.165, 1.54) is 23.0 Å². The van der Waals surface area contributed by atoms with Gasteiger partial charge in [-0.05, 0) is 0 Å². The molecule has 1 aliphatic rings. The molecule has 1 heterocycles. The molecule has 2 nitrogen and oxygen atoms in total. The molecule has 1 rings (SSSR count). The Kier molecular flexibility index (Phi) is 10.0. The zero-order valence-corrected chi connectivity index (χ0v) is 9.64. The largest absolute Gasteiger partial charge is 0.395 e. The van der Waals surface area contributed by atoms with Crippen LogP contribution in [0.15, 0.2) is 0 Å². The SMILES string of the molecule is C1CSCCS1.CCC(=O)OS. The number of thiol groups is 1. The summed E-state index contributed by atoms with van der Waals surface area (Å²) >= 11 is 7.39. The van der Waals surface area contributed by atoms with Gasteiger partial charge >= 0.3 is 5.97 Å². The van der Waals surface area contributed by atoms with Crippen LogP contribution in [0.1, 0.15) is 13.3 Å². The third-order valence-corrected chi connectivity index (χ3v) is 3.83. The van der Waals surface area contributed by atoms with Crippen LogP contribution in [0.4, 0.5) is 0 Å². The summed E-state index contributed by atoms with van der Waals surface area (Å²) in [6, 6.07) is 0. The fraction of sp³-hybridized carbons (Fsp3) is 0.857. The molecule has 12 heavy (non-hydrogen) atoms. The van der Waals surface area contributed by atoms with E-state index >= 15 is 0 Å². The molecule has 0 bridgehead atoms. The highest BCUT2D eigenvalue weighted by atomic mass is 32.2. The normalized spacial score (nSPS) is 15.8. The molecular weight excluding hydrogens is 212 g/mol. The van der Waals surface area contributed by atoms with Gasteiger partial charge in [-0.25, -0.2) is 0 Å². The van der Waals surface area contributed by atoms with Crippen LogP contribution >= 0.6 is 36.4 Å². The average molecular weight is 226 g/mol. The van der Waals surface area contributed by atoms with Gasteiger partial charge in [-0.15, -0.1) is 0 Å². The van der Waals surface area contributed by atoms with E-state index in [9.17, 15) is 4.79 Å². The summed E-state index contributed by atoms with van der Waals surface area (Å²) in [7, 11) is 0. The van der Waals surface area contributed by atoms with E-state index in [0.717, 1.165) is 0 Å². The van der Waals surface area contributed by atoms with E-state index < -0.39 is 0 Å². The lowest BCUT2D eigenvalue weighted by Crippen LogP contribution is -1.97. The first-order valence-corrected chi connectivity index (χ1v) is 6.48. The highest BCUT2D eigenvalue weighted by Gasteiger charge is 1.95. The van der Waals surface area contributed by atoms with Crippen LogP contribution in [0.2, 0.25) is 0 Å². The van der Waals surface area contributed by atoms with Crippen molar-refractivity contribution in [3.8, 4) is 0 Å². The van der Waals surface area contributed by atoms with Gasteiger partial charge in [-0.1, -0.05) is 6.92 Å². The Morgan fingerprint density at radius 1 is 1.33 bits per heavy atom. The zero-order chi connectivity index (χ0) is 9.23. The fourth-order valence-electron chi connectivity index (χ4n) is 0.504. The summed E-state index contributed by atoms with van der Waals surface area (Å²) in [6.45, 7) is 1.71. The fourth-order valence-corrected chi connectivity index (χ4v) is 2.93. The second-order valence-corrected chi connectivity index (χ2v) is 4.67. The molecule has 0 atom stereocenters. The standard InChI is InChI=1S/C4H8S2.C3H6O2S/c1-2-6-4-3-5-1;1-2-3(4)5-6/h1-4H2;6H,2H2,1H3. The third kappa shape index (κ3) is 8.62. The van der Waals surface area contributed by atoms with Gasteiger partial charge in [0.2, 0.25) is 0 Å². The van der Waals surface area contributed by atoms with Crippen molar-refractivity contribution in [1.82, 2.24) is 0 Å². The van der Waals surface area contributed by atoms with Crippen LogP contribution in [0.3, 0.4) is 0 Å². The Bertz CT molecular complexity index is 97.7. The molecule has 1 aliphatic heterocycles. The van der Waals surface area contributed by atoms with Gasteiger partial charge < -0.3 is 4.18 Å². The van der Waals surface area contributed by atoms with Gasteiger partial charge in [0.1, 0.15) is 0 Å². The topological polar surface area (TPSA) is 26.3 Å². The van der Waals surface area contributed by atoms with Gasteiger partial charge in [-0.3, -0.25) is 4.79 Å². The van der Waals surface area contributed by atoms with Crippen LogP contribution in [0, 0.1) is 0 Å². The van der Waals surface area contributed by atoms with E-state index in [4.69, 9.17) is 0 Å². The maximum Gasteiger partial charge on any atom is 0.317 e. The Balaban J connectivity index is 0.000000202. The average Bonchev–Trinajstić information content (AvgIpc) is 2.20. The summed E-state index contributed by atoms with van der Waals surface area (Å²) in [5, 5.41) is 0. The van der Waals surface area contributed by atoms with Crippen LogP contribution in [-0.4, -0.2) is 29.0 Å². The van der Waals surface area contributed by atoms with Gasteiger partial charge in [0.25, 0.3) is 0 Å². The van der Waals surface area contributed by atoms with Crippen molar-refractivity contribution < 1.29 is 8.98 Å². The summed E-state index contributed by atoms with van der Waals surface area (Å²) in [5.41, 5.74) is 0. The van der Waals surface area contributed by atoms with E-state index in [0.29, 0.717) is 6.42 Å². The number of carbonyl (C=O) groups excluding carboxylic acids is 1. The Morgan fingerprint density at radius 2 is 1.75 bits per heavy atom. The second kappa shape index (κ2) is 9.61. The van der Waals surface area contributed by atoms with Gasteiger partial charge in [0, 0.05) is 42.3 Å². The minimum atomic E-state index is -0.293. The van der Waals surface area contributed by atoms with Crippen molar-refractivity contribution in [1.29, 1.82) is 0 Å². The van der Waals surface area contributed by atoms with Gasteiger partial charge in [0.15, 0.2) is 0 Å². The van der Waals surface area contributed by atoms with Crippen molar-refractivity contribution in [2.24, 2.45) is 0 Å². The molecule has 0 amide bonds. The summed E-state index contributed by atoms with van der Waals surface area (Å²) in [4.78, 5) is 9.88. The van der Waals surface area contributed by atoms with Crippen molar-refractivity contribution in [2.75, 3.05) is 23.0 Å². The van der Waals surface area contributed by atoms with Crippen LogP contribution < -0.4 is 0 Å². The zero-order valence-electron chi connectivity index (χ0n) is 7.12. The molecule has 0 aromatic heterocycles. The van der Waals surface area contributed by atoms with Crippen LogP contribution in [-0.2, 0) is 8.98 Å². The third-order valence-electron chi connectivity index (χ3n) is 1.13. The molecule has 0 aliphatic carbocycles. The van der Waals surface area contributed by atoms with Crippen molar-refractivity contribution >= 4 is 42.4 Å². The predicted molar refractivity (Wildman–Crippen MR) is 60.0 cm³/mol. The first kappa shape index (κ1) is 12.5. The number of thioether (sulfide) groups is 2. The van der Waals surface area contributed by atoms with E-state index in [2.05, 4.69) is 40.6 Å². The first-order chi connectivity index (χ1) is 5.81. The van der Waals surface area contributed by atoms with E-state index in [1.807, 2.05) is 0 Å². The van der Waals surface area contributed by atoms with Crippen molar-refractivity contribution in [3.05, 3.63) is 0 Å². The minimum Gasteiger partial charge on any atom is -0.395 e. The quantitative estimate of drug-likeness (QED) is 0.548. The number of hydrogen-bond donors (Lipinski definition) is 1. The molecule has 0 N–H and O–H groups in total. The minimum absolute atomic E-state index is 0.293. The van der Waals surface area contributed by atoms with Crippen LogP contribution in [0.25, 0.3) is 0 Å². The molecule has 5 heteroatoms. The molecule has 0 unspecified atom stereocenters. The van der Waals surface area contributed by atoms with Crippen molar-refractivity contribution in [2.45, 2.75) is 13.3 Å². The summed E-state index contributed by atoms with van der Waals surface area (Å²) < 4.78 is 3.95. The lowest BCUT2D eigenvalue weighted by atomic mass is 10.5. The molecule has 1 saturated heterocycles. The van der Waals surface area contributed by atoms with Gasteiger partial charge in [0.05, 0.1) is 0 Å². The monoisotopic (exact) mass is 226 g/mol. The number of rotatable bonds is 1. The molecule has 1 fully saturated rings. The highest BCUT2D eigenvalue weighted by Crippen LogP contribution is 2.14. The first-order valence-electron chi connectivity index (χ1n) is 3.81. The molecule has 72 valence electrons. The maximum atomic E-state index is 9.88. The highest BCUT2D eigenvalue weighted by molar-refractivity contribution is 8.06. The van der Waals surface area contributed by atoms with Crippen molar-refractivity contribution in [3.63, 3.8) is 0 Å². The molecule has 0 aromatic rings. The van der Waals surface area contributed by atoms with E-state index in [-0.39, 0.29) is 5.97 Å². The molecule has 0 aromatic carbocycles. The molecule has 0 radical (unpaired) electrons. The Morgan fingerprint density at radius 3 is 1.83 bits per heavy atom. The Labute approximate surface area is 87.8 Å². The van der Waals surface area contributed by atoms with Crippen LogP contribution in [0.5, 0.6) is 0 Å². The summed E-state index contributed by atoms with van der Waals surface area (Å²) in [6.07, 6.45) is 0.392. The predicted octanol–water partition coefficient (Wildman–Crippen LogP) is 2.25. The van der Waals surface area contributed by atoms with E-state index in [1.54, 1.807) is 6.92 Å². The summed E-state index contributed by atoms with van der Waals surface area (Å²) in [5.74, 6) is 5.23. The van der Waals surface area contributed by atoms with Gasteiger partial charge in [-0.2, -0.15) is 23.5 Å².